The van der Waals surface area contributed by atoms with Gasteiger partial charge in [-0.2, -0.15) is 5.10 Å². The average molecular weight is 370 g/mol. The number of hydrogen-bond donors (Lipinski definition) is 2. The maximum absolute atomic E-state index is 12.1. The molecule has 0 spiro atoms. The summed E-state index contributed by atoms with van der Waals surface area (Å²) in [6.45, 7) is 6.58. The van der Waals surface area contributed by atoms with E-state index < -0.39 is 6.10 Å². The SMILES string of the molecule is CC(C)CCOC(C)C(=O)Nc1nc(Cc2n[nH]c(=S)n2C)cs1. The highest BCUT2D eigenvalue weighted by Crippen LogP contribution is 2.18. The quantitative estimate of drug-likeness (QED) is 0.699. The van der Waals surface area contributed by atoms with Gasteiger partial charge in [0.25, 0.3) is 5.91 Å². The summed E-state index contributed by atoms with van der Waals surface area (Å²) < 4.78 is 7.92. The van der Waals surface area contributed by atoms with Crippen LogP contribution in [0.15, 0.2) is 5.38 Å². The van der Waals surface area contributed by atoms with Gasteiger partial charge in [-0.1, -0.05) is 13.8 Å². The fourth-order valence-electron chi connectivity index (χ4n) is 1.91. The molecule has 0 aliphatic heterocycles. The topological polar surface area (TPSA) is 84.8 Å². The van der Waals surface area contributed by atoms with Gasteiger partial charge in [0, 0.05) is 19.0 Å². The summed E-state index contributed by atoms with van der Waals surface area (Å²) in [6.07, 6.45) is 0.990. The molecule has 0 aromatic carbocycles. The van der Waals surface area contributed by atoms with Crippen LogP contribution in [0.4, 0.5) is 5.13 Å². The zero-order valence-corrected chi connectivity index (χ0v) is 16.0. The van der Waals surface area contributed by atoms with Crippen molar-refractivity contribution in [1.82, 2.24) is 19.7 Å². The third kappa shape index (κ3) is 5.22. The predicted molar refractivity (Wildman–Crippen MR) is 96.8 cm³/mol. The van der Waals surface area contributed by atoms with E-state index in [0.29, 0.717) is 28.8 Å². The highest BCUT2D eigenvalue weighted by Gasteiger charge is 2.16. The number of anilines is 1. The summed E-state index contributed by atoms with van der Waals surface area (Å²) in [7, 11) is 1.85. The molecule has 0 aliphatic rings. The van der Waals surface area contributed by atoms with E-state index in [-0.39, 0.29) is 5.91 Å². The Morgan fingerprint density at radius 1 is 1.50 bits per heavy atom. The molecule has 132 valence electrons. The van der Waals surface area contributed by atoms with Crippen LogP contribution in [0.25, 0.3) is 0 Å². The van der Waals surface area contributed by atoms with Gasteiger partial charge in [0.15, 0.2) is 9.90 Å². The van der Waals surface area contributed by atoms with E-state index in [1.54, 1.807) is 11.5 Å². The van der Waals surface area contributed by atoms with Gasteiger partial charge in [0.2, 0.25) is 0 Å². The molecule has 0 bridgehead atoms. The zero-order chi connectivity index (χ0) is 17.7. The summed E-state index contributed by atoms with van der Waals surface area (Å²) >= 11 is 6.47. The van der Waals surface area contributed by atoms with Gasteiger partial charge < -0.3 is 9.30 Å². The number of thiazole rings is 1. The number of H-pyrrole nitrogens is 1. The van der Waals surface area contributed by atoms with Crippen LogP contribution in [0, 0.1) is 10.7 Å². The third-order valence-electron chi connectivity index (χ3n) is 3.53. The Balaban J connectivity index is 1.87. The number of nitrogens with one attached hydrogen (secondary N) is 2. The van der Waals surface area contributed by atoms with Crippen molar-refractivity contribution in [3.63, 3.8) is 0 Å². The summed E-state index contributed by atoms with van der Waals surface area (Å²) in [6, 6.07) is 0. The lowest BCUT2D eigenvalue weighted by molar-refractivity contribution is -0.126. The van der Waals surface area contributed by atoms with Crippen molar-refractivity contribution < 1.29 is 9.53 Å². The van der Waals surface area contributed by atoms with Crippen LogP contribution in [0.2, 0.25) is 0 Å². The minimum Gasteiger partial charge on any atom is -0.369 e. The van der Waals surface area contributed by atoms with Crippen molar-refractivity contribution in [3.8, 4) is 0 Å². The van der Waals surface area contributed by atoms with Gasteiger partial charge >= 0.3 is 0 Å². The minimum absolute atomic E-state index is 0.183. The molecule has 2 aromatic heterocycles. The predicted octanol–water partition coefficient (Wildman–Crippen LogP) is 2.91. The van der Waals surface area contributed by atoms with Gasteiger partial charge in [-0.05, 0) is 31.5 Å². The molecule has 1 amide bonds. The first kappa shape index (κ1) is 18.8. The molecular weight excluding hydrogens is 346 g/mol. The first-order valence-corrected chi connectivity index (χ1v) is 9.12. The van der Waals surface area contributed by atoms with Gasteiger partial charge in [-0.25, -0.2) is 4.98 Å². The van der Waals surface area contributed by atoms with E-state index in [9.17, 15) is 4.79 Å². The minimum atomic E-state index is -0.497. The number of hydrogen-bond acceptors (Lipinski definition) is 6. The van der Waals surface area contributed by atoms with Crippen molar-refractivity contribution >= 4 is 34.6 Å². The van der Waals surface area contributed by atoms with Crippen LogP contribution in [-0.4, -0.2) is 38.4 Å². The van der Waals surface area contributed by atoms with E-state index in [1.807, 2.05) is 12.4 Å². The molecule has 24 heavy (non-hydrogen) atoms. The number of ether oxygens (including phenoxy) is 1. The summed E-state index contributed by atoms with van der Waals surface area (Å²) in [4.78, 5) is 16.5. The highest BCUT2D eigenvalue weighted by atomic mass is 32.1. The molecule has 1 unspecified atom stereocenters. The van der Waals surface area contributed by atoms with Crippen LogP contribution in [0.1, 0.15) is 38.7 Å². The van der Waals surface area contributed by atoms with Crippen molar-refractivity contribution in [2.24, 2.45) is 13.0 Å². The standard InChI is InChI=1S/C15H23N5O2S2/c1-9(2)5-6-22-10(3)13(21)17-14-16-11(8-24-14)7-12-18-19-15(23)20(12)4/h8-10H,5-7H2,1-4H3,(H,19,23)(H,16,17,21). The number of carbonyl (C=O) groups excluding carboxylic acids is 1. The number of nitrogens with zero attached hydrogens (tertiary/aromatic N) is 3. The summed E-state index contributed by atoms with van der Waals surface area (Å²) in [5, 5.41) is 12.2. The van der Waals surface area contributed by atoms with E-state index >= 15 is 0 Å². The van der Waals surface area contributed by atoms with Crippen LogP contribution in [0.5, 0.6) is 0 Å². The Hall–Kier alpha value is -1.58. The first-order chi connectivity index (χ1) is 11.4. The number of aromatic amines is 1. The van der Waals surface area contributed by atoms with Gasteiger partial charge in [-0.15, -0.1) is 11.3 Å². The maximum atomic E-state index is 12.1. The third-order valence-corrected chi connectivity index (χ3v) is 4.70. The van der Waals surface area contributed by atoms with Crippen LogP contribution < -0.4 is 5.32 Å². The molecule has 2 rings (SSSR count). The van der Waals surface area contributed by atoms with Crippen LogP contribution in [-0.2, 0) is 23.0 Å². The number of carbonyl (C=O) groups is 1. The second kappa shape index (κ2) is 8.50. The average Bonchev–Trinajstić information content (AvgIpc) is 3.08. The van der Waals surface area contributed by atoms with Crippen LogP contribution in [0.3, 0.4) is 0 Å². The van der Waals surface area contributed by atoms with Crippen molar-refractivity contribution in [2.45, 2.75) is 39.7 Å². The normalized spacial score (nSPS) is 12.5. The summed E-state index contributed by atoms with van der Waals surface area (Å²) in [5.74, 6) is 1.17. The maximum Gasteiger partial charge on any atom is 0.254 e. The molecule has 1 atom stereocenters. The largest absolute Gasteiger partial charge is 0.369 e. The van der Waals surface area contributed by atoms with Crippen molar-refractivity contribution in [3.05, 3.63) is 21.7 Å². The second-order valence-electron chi connectivity index (χ2n) is 6.01. The molecular formula is C15H23N5O2S2. The van der Waals surface area contributed by atoms with Gasteiger partial charge in [-0.3, -0.25) is 15.2 Å². The molecule has 0 aliphatic carbocycles. The zero-order valence-electron chi connectivity index (χ0n) is 14.3. The molecule has 2 aromatic rings. The monoisotopic (exact) mass is 369 g/mol. The Morgan fingerprint density at radius 3 is 2.88 bits per heavy atom. The van der Waals surface area contributed by atoms with Gasteiger partial charge in [0.05, 0.1) is 12.1 Å². The molecule has 0 saturated carbocycles. The number of aromatic nitrogens is 4. The Bertz CT molecular complexity index is 734. The number of rotatable bonds is 8. The Kier molecular flexibility index (Phi) is 6.64. The lowest BCUT2D eigenvalue weighted by Gasteiger charge is -2.13. The molecule has 2 heterocycles. The molecule has 2 N–H and O–H groups in total. The second-order valence-corrected chi connectivity index (χ2v) is 7.25. The van der Waals surface area contributed by atoms with Gasteiger partial charge in [0.1, 0.15) is 11.9 Å². The first-order valence-electron chi connectivity index (χ1n) is 7.84. The van der Waals surface area contributed by atoms with Crippen molar-refractivity contribution in [1.29, 1.82) is 0 Å². The molecule has 7 nitrogen and oxygen atoms in total. The van der Waals surface area contributed by atoms with E-state index in [0.717, 1.165) is 17.9 Å². The fraction of sp³-hybridized carbons (Fsp3) is 0.600. The van der Waals surface area contributed by atoms with E-state index in [2.05, 4.69) is 34.3 Å². The van der Waals surface area contributed by atoms with Crippen LogP contribution >= 0.6 is 23.6 Å². The fourth-order valence-corrected chi connectivity index (χ4v) is 2.77. The molecule has 0 saturated heterocycles. The summed E-state index contributed by atoms with van der Waals surface area (Å²) in [5.41, 5.74) is 0.834. The highest BCUT2D eigenvalue weighted by molar-refractivity contribution is 7.71. The molecule has 0 radical (unpaired) electrons. The number of amides is 1. The Morgan fingerprint density at radius 2 is 2.25 bits per heavy atom. The van der Waals surface area contributed by atoms with E-state index in [1.165, 1.54) is 11.3 Å². The molecule has 9 heteroatoms. The lowest BCUT2D eigenvalue weighted by atomic mass is 10.1. The molecule has 0 fully saturated rings. The smallest absolute Gasteiger partial charge is 0.254 e. The van der Waals surface area contributed by atoms with Crippen molar-refractivity contribution in [2.75, 3.05) is 11.9 Å². The van der Waals surface area contributed by atoms with E-state index in [4.69, 9.17) is 17.0 Å². The lowest BCUT2D eigenvalue weighted by Crippen LogP contribution is -2.28. The Labute approximate surface area is 150 Å².